The summed E-state index contributed by atoms with van der Waals surface area (Å²) < 4.78 is 7.38. The molecular weight excluding hydrogens is 388 g/mol. The molecule has 0 atom stereocenters. The van der Waals surface area contributed by atoms with Crippen molar-refractivity contribution >= 4 is 5.91 Å². The average Bonchev–Trinajstić information content (AvgIpc) is 3.55. The second-order valence-electron chi connectivity index (χ2n) is 7.97. The fraction of sp³-hybridized carbons (Fsp3) is 0.240. The highest BCUT2D eigenvalue weighted by Crippen LogP contribution is 2.33. The van der Waals surface area contributed by atoms with E-state index in [1.165, 1.54) is 12.8 Å². The largest absolute Gasteiger partial charge is 0.360 e. The maximum atomic E-state index is 13.0. The lowest BCUT2D eigenvalue weighted by Crippen LogP contribution is -2.33. The molecule has 0 aliphatic heterocycles. The van der Waals surface area contributed by atoms with Crippen LogP contribution in [-0.4, -0.2) is 26.7 Å². The van der Waals surface area contributed by atoms with Crippen molar-refractivity contribution in [2.75, 3.05) is 0 Å². The fourth-order valence-electron chi connectivity index (χ4n) is 4.27. The van der Waals surface area contributed by atoms with Crippen LogP contribution in [0, 0.1) is 6.92 Å². The number of amides is 1. The molecule has 156 valence electrons. The Hall–Kier alpha value is -3.67. The molecule has 0 saturated heterocycles. The molecule has 0 spiro atoms. The molecule has 1 amide bonds. The van der Waals surface area contributed by atoms with E-state index in [2.05, 4.69) is 15.5 Å². The van der Waals surface area contributed by atoms with Crippen molar-refractivity contribution in [3.63, 3.8) is 0 Å². The molecule has 0 radical (unpaired) electrons. The van der Waals surface area contributed by atoms with E-state index in [0.717, 1.165) is 41.0 Å². The first kappa shape index (κ1) is 19.3. The second-order valence-corrected chi connectivity index (χ2v) is 7.97. The molecule has 4 aromatic rings. The molecule has 2 aromatic carbocycles. The van der Waals surface area contributed by atoms with Crippen molar-refractivity contribution in [2.24, 2.45) is 0 Å². The van der Waals surface area contributed by atoms with Crippen LogP contribution in [0.1, 0.15) is 41.8 Å². The van der Waals surface area contributed by atoms with Gasteiger partial charge in [0.25, 0.3) is 5.91 Å². The lowest BCUT2D eigenvalue weighted by atomic mass is 10.0. The molecule has 1 saturated carbocycles. The standard InChI is InChI=1S/C25H24N4O2/c1-17-23(24(28-31-17)18-9-3-2-4-10-18)21-15-29(16-26-21)22-14-8-7-13-20(22)25(30)27-19-11-5-6-12-19/h2-4,7-10,13-16,19H,5-6,11-12H2,1H3,(H,27,30). The van der Waals surface area contributed by atoms with Crippen LogP contribution in [0.5, 0.6) is 0 Å². The smallest absolute Gasteiger partial charge is 0.253 e. The van der Waals surface area contributed by atoms with Crippen molar-refractivity contribution < 1.29 is 9.32 Å². The number of nitrogens with zero attached hydrogens (tertiary/aromatic N) is 3. The van der Waals surface area contributed by atoms with E-state index in [9.17, 15) is 4.79 Å². The third kappa shape index (κ3) is 3.77. The zero-order chi connectivity index (χ0) is 21.2. The minimum Gasteiger partial charge on any atom is -0.360 e. The number of imidazole rings is 1. The lowest BCUT2D eigenvalue weighted by molar-refractivity contribution is 0.0938. The summed E-state index contributed by atoms with van der Waals surface area (Å²) in [5.74, 6) is 0.667. The molecule has 0 bridgehead atoms. The molecule has 1 fully saturated rings. The van der Waals surface area contributed by atoms with Crippen molar-refractivity contribution in [2.45, 2.75) is 38.6 Å². The summed E-state index contributed by atoms with van der Waals surface area (Å²) in [6, 6.07) is 17.8. The maximum Gasteiger partial charge on any atom is 0.253 e. The molecule has 1 N–H and O–H groups in total. The Morgan fingerprint density at radius 3 is 2.61 bits per heavy atom. The van der Waals surface area contributed by atoms with Crippen LogP contribution in [0.3, 0.4) is 0 Å². The maximum absolute atomic E-state index is 13.0. The van der Waals surface area contributed by atoms with E-state index in [1.807, 2.05) is 72.3 Å². The lowest BCUT2D eigenvalue weighted by Gasteiger charge is -2.14. The number of carbonyl (C=O) groups is 1. The first-order valence-corrected chi connectivity index (χ1v) is 10.7. The minimum atomic E-state index is -0.0381. The zero-order valence-electron chi connectivity index (χ0n) is 17.4. The minimum absolute atomic E-state index is 0.0381. The predicted octanol–water partition coefficient (Wildman–Crippen LogP) is 5.18. The third-order valence-corrected chi connectivity index (χ3v) is 5.87. The Morgan fingerprint density at radius 1 is 1.06 bits per heavy atom. The molecule has 31 heavy (non-hydrogen) atoms. The van der Waals surface area contributed by atoms with Crippen LogP contribution in [0.2, 0.25) is 0 Å². The molecule has 0 unspecified atom stereocenters. The molecule has 1 aliphatic rings. The highest BCUT2D eigenvalue weighted by Gasteiger charge is 2.22. The van der Waals surface area contributed by atoms with E-state index in [-0.39, 0.29) is 11.9 Å². The summed E-state index contributed by atoms with van der Waals surface area (Å²) >= 11 is 0. The Morgan fingerprint density at radius 2 is 1.81 bits per heavy atom. The highest BCUT2D eigenvalue weighted by molar-refractivity contribution is 5.98. The van der Waals surface area contributed by atoms with Crippen LogP contribution in [0.15, 0.2) is 71.6 Å². The molecule has 2 aromatic heterocycles. The number of carbonyl (C=O) groups excluding carboxylic acids is 1. The Bertz CT molecular complexity index is 1200. The number of benzene rings is 2. The quantitative estimate of drug-likeness (QED) is 0.490. The van der Waals surface area contributed by atoms with E-state index in [4.69, 9.17) is 4.52 Å². The van der Waals surface area contributed by atoms with Crippen LogP contribution in [0.4, 0.5) is 0 Å². The second kappa shape index (κ2) is 8.22. The van der Waals surface area contributed by atoms with Gasteiger partial charge in [0.15, 0.2) is 0 Å². The van der Waals surface area contributed by atoms with E-state index >= 15 is 0 Å². The summed E-state index contributed by atoms with van der Waals surface area (Å²) in [6.07, 6.45) is 8.13. The summed E-state index contributed by atoms with van der Waals surface area (Å²) in [5, 5.41) is 7.44. The topological polar surface area (TPSA) is 73.0 Å². The highest BCUT2D eigenvalue weighted by atomic mass is 16.5. The first-order chi connectivity index (χ1) is 15.2. The molecule has 5 rings (SSSR count). The third-order valence-electron chi connectivity index (χ3n) is 5.87. The van der Waals surface area contributed by atoms with Gasteiger partial charge in [-0.25, -0.2) is 4.98 Å². The Labute approximate surface area is 180 Å². The van der Waals surface area contributed by atoms with Gasteiger partial charge in [-0.2, -0.15) is 0 Å². The zero-order valence-corrected chi connectivity index (χ0v) is 17.4. The predicted molar refractivity (Wildman–Crippen MR) is 119 cm³/mol. The van der Waals surface area contributed by atoms with Gasteiger partial charge in [0, 0.05) is 17.8 Å². The Balaban J connectivity index is 1.49. The number of nitrogens with one attached hydrogen (secondary N) is 1. The fourth-order valence-corrected chi connectivity index (χ4v) is 4.27. The van der Waals surface area contributed by atoms with E-state index in [1.54, 1.807) is 6.33 Å². The van der Waals surface area contributed by atoms with Gasteiger partial charge in [-0.3, -0.25) is 4.79 Å². The summed E-state index contributed by atoms with van der Waals surface area (Å²) in [5.41, 5.74) is 4.79. The molecule has 6 heteroatoms. The van der Waals surface area contributed by atoms with Crippen molar-refractivity contribution in [3.8, 4) is 28.2 Å². The van der Waals surface area contributed by atoms with Crippen molar-refractivity contribution in [1.82, 2.24) is 20.0 Å². The van der Waals surface area contributed by atoms with Gasteiger partial charge in [0.05, 0.1) is 28.8 Å². The molecule has 6 nitrogen and oxygen atoms in total. The van der Waals surface area contributed by atoms with Gasteiger partial charge in [0.1, 0.15) is 11.5 Å². The number of aryl methyl sites for hydroxylation is 1. The summed E-state index contributed by atoms with van der Waals surface area (Å²) in [4.78, 5) is 17.6. The number of hydrogen-bond acceptors (Lipinski definition) is 4. The van der Waals surface area contributed by atoms with E-state index in [0.29, 0.717) is 11.3 Å². The summed E-state index contributed by atoms with van der Waals surface area (Å²) in [6.45, 7) is 1.89. The Kier molecular flexibility index (Phi) is 5.12. The average molecular weight is 412 g/mol. The molecular formula is C25H24N4O2. The van der Waals surface area contributed by atoms with Gasteiger partial charge in [-0.05, 0) is 31.9 Å². The first-order valence-electron chi connectivity index (χ1n) is 10.7. The number of rotatable bonds is 5. The van der Waals surface area contributed by atoms with Gasteiger partial charge in [0.2, 0.25) is 0 Å². The van der Waals surface area contributed by atoms with Gasteiger partial charge < -0.3 is 14.4 Å². The van der Waals surface area contributed by atoms with Crippen LogP contribution in [0.25, 0.3) is 28.2 Å². The monoisotopic (exact) mass is 412 g/mol. The van der Waals surface area contributed by atoms with Gasteiger partial charge >= 0.3 is 0 Å². The van der Waals surface area contributed by atoms with Crippen LogP contribution >= 0.6 is 0 Å². The van der Waals surface area contributed by atoms with Crippen molar-refractivity contribution in [3.05, 3.63) is 78.4 Å². The van der Waals surface area contributed by atoms with Crippen LogP contribution in [-0.2, 0) is 0 Å². The van der Waals surface area contributed by atoms with Crippen molar-refractivity contribution in [1.29, 1.82) is 0 Å². The number of para-hydroxylation sites is 1. The molecule has 2 heterocycles. The number of aromatic nitrogens is 3. The van der Waals surface area contributed by atoms with E-state index < -0.39 is 0 Å². The summed E-state index contributed by atoms with van der Waals surface area (Å²) in [7, 11) is 0. The number of hydrogen-bond donors (Lipinski definition) is 1. The SMILES string of the molecule is Cc1onc(-c2ccccc2)c1-c1cn(-c2ccccc2C(=O)NC2CCCC2)cn1. The normalized spacial score (nSPS) is 14.1. The van der Waals surface area contributed by atoms with Crippen LogP contribution < -0.4 is 5.32 Å². The van der Waals surface area contributed by atoms with Gasteiger partial charge in [-0.15, -0.1) is 0 Å². The van der Waals surface area contributed by atoms with Gasteiger partial charge in [-0.1, -0.05) is 60.5 Å². The molecule has 1 aliphatic carbocycles.